The summed E-state index contributed by atoms with van der Waals surface area (Å²) in [6, 6.07) is 10.1. The lowest BCUT2D eigenvalue weighted by Crippen LogP contribution is -2.47. The van der Waals surface area contributed by atoms with Crippen LogP contribution >= 0.6 is 0 Å². The molecule has 0 amide bonds. The third kappa shape index (κ3) is 5.20. The Morgan fingerprint density at radius 2 is 2.04 bits per heavy atom. The van der Waals surface area contributed by atoms with Crippen LogP contribution < -0.4 is 15.5 Å². The number of rotatable bonds is 6. The lowest BCUT2D eigenvalue weighted by atomic mass is 9.95. The van der Waals surface area contributed by atoms with Crippen LogP contribution in [-0.2, 0) is 0 Å². The minimum atomic E-state index is -0.522. The number of aromatic nitrogens is 1. The molecule has 1 aromatic carbocycles. The van der Waals surface area contributed by atoms with Crippen LogP contribution in [0.4, 0.5) is 5.69 Å². The first kappa shape index (κ1) is 20.5. The third-order valence-corrected chi connectivity index (χ3v) is 5.29. The van der Waals surface area contributed by atoms with Crippen molar-refractivity contribution in [1.29, 1.82) is 5.26 Å². The molecule has 1 fully saturated rings. The number of hydrogen-bond acceptors (Lipinski definition) is 6. The van der Waals surface area contributed by atoms with Crippen LogP contribution in [0.15, 0.2) is 30.5 Å². The molecule has 0 bridgehead atoms. The molecule has 1 aliphatic heterocycles. The number of fused-ring (bicyclic) bond motifs is 1. The van der Waals surface area contributed by atoms with Gasteiger partial charge in [-0.1, -0.05) is 0 Å². The molecular weight excluding hydrogens is 350 g/mol. The first-order chi connectivity index (χ1) is 13.4. The highest BCUT2D eigenvalue weighted by Crippen LogP contribution is 2.31. The second-order valence-electron chi connectivity index (χ2n) is 8.63. The minimum absolute atomic E-state index is 0.00667. The van der Waals surface area contributed by atoms with Gasteiger partial charge in [0.25, 0.3) is 0 Å². The summed E-state index contributed by atoms with van der Waals surface area (Å²) < 4.78 is 0. The van der Waals surface area contributed by atoms with Crippen molar-refractivity contribution < 1.29 is 5.11 Å². The minimum Gasteiger partial charge on any atom is -0.377 e. The summed E-state index contributed by atoms with van der Waals surface area (Å²) in [5, 5.41) is 27.1. The Labute approximate surface area is 167 Å². The summed E-state index contributed by atoms with van der Waals surface area (Å²) in [5.74, 6) is 0.559. The van der Waals surface area contributed by atoms with Crippen molar-refractivity contribution in [3.05, 3.63) is 36.0 Å². The third-order valence-electron chi connectivity index (χ3n) is 5.29. The number of aliphatic hydroxyl groups is 1. The smallest absolute Gasteiger partial charge is 0.117 e. The second kappa shape index (κ2) is 8.87. The zero-order valence-corrected chi connectivity index (χ0v) is 17.1. The van der Waals surface area contributed by atoms with Crippen molar-refractivity contribution in [3.8, 4) is 6.07 Å². The molecule has 1 aliphatic rings. The Morgan fingerprint density at radius 1 is 1.29 bits per heavy atom. The lowest BCUT2D eigenvalue weighted by molar-refractivity contribution is 0.118. The van der Waals surface area contributed by atoms with Crippen molar-refractivity contribution >= 4 is 16.6 Å². The molecule has 28 heavy (non-hydrogen) atoms. The van der Waals surface area contributed by atoms with Crippen LogP contribution in [0.2, 0.25) is 0 Å². The molecule has 6 nitrogen and oxygen atoms in total. The van der Waals surface area contributed by atoms with Gasteiger partial charge in [0.05, 0.1) is 11.1 Å². The zero-order valence-electron chi connectivity index (χ0n) is 17.1. The average Bonchev–Trinajstić information content (AvgIpc) is 2.70. The van der Waals surface area contributed by atoms with E-state index in [0.717, 1.165) is 49.1 Å². The number of anilines is 1. The molecule has 3 N–H and O–H groups in total. The van der Waals surface area contributed by atoms with Crippen molar-refractivity contribution in [2.24, 2.45) is 5.92 Å². The maximum absolute atomic E-state index is 10.1. The van der Waals surface area contributed by atoms with Gasteiger partial charge in [-0.25, -0.2) is 0 Å². The van der Waals surface area contributed by atoms with Crippen molar-refractivity contribution in [1.82, 2.24) is 15.6 Å². The topological polar surface area (TPSA) is 84.2 Å². The van der Waals surface area contributed by atoms with E-state index < -0.39 is 6.23 Å². The van der Waals surface area contributed by atoms with E-state index in [4.69, 9.17) is 0 Å². The fourth-order valence-electron chi connectivity index (χ4n) is 3.68. The normalized spacial score (nSPS) is 16.9. The van der Waals surface area contributed by atoms with Crippen LogP contribution in [0.5, 0.6) is 0 Å². The van der Waals surface area contributed by atoms with Crippen LogP contribution in [0.3, 0.4) is 0 Å². The molecule has 1 unspecified atom stereocenters. The molecule has 3 rings (SSSR count). The number of piperidine rings is 1. The number of nitrogens with one attached hydrogen (secondary N) is 2. The van der Waals surface area contributed by atoms with Crippen LogP contribution in [0.1, 0.15) is 39.2 Å². The summed E-state index contributed by atoms with van der Waals surface area (Å²) >= 11 is 0. The lowest BCUT2D eigenvalue weighted by Gasteiger charge is -2.35. The molecular formula is C22H31N5O. The predicted molar refractivity (Wildman–Crippen MR) is 113 cm³/mol. The molecule has 6 heteroatoms. The fourth-order valence-corrected chi connectivity index (χ4v) is 3.68. The van der Waals surface area contributed by atoms with Gasteiger partial charge in [0, 0.05) is 49.0 Å². The maximum Gasteiger partial charge on any atom is 0.117 e. The van der Waals surface area contributed by atoms with Gasteiger partial charge in [-0.15, -0.1) is 0 Å². The first-order valence-electron chi connectivity index (χ1n) is 10.1. The Bertz CT molecular complexity index is 831. The highest BCUT2D eigenvalue weighted by atomic mass is 16.3. The number of β-amino-alcohol motifs (C(OH)–C–C–N with tert-alkyl or cyclic N) is 1. The molecule has 150 valence electrons. The predicted octanol–water partition coefficient (Wildman–Crippen LogP) is 2.62. The number of nitrogens with zero attached hydrogens (tertiary/aromatic N) is 3. The Morgan fingerprint density at radius 3 is 2.71 bits per heavy atom. The number of benzene rings is 1. The van der Waals surface area contributed by atoms with E-state index in [-0.39, 0.29) is 5.54 Å². The van der Waals surface area contributed by atoms with Gasteiger partial charge >= 0.3 is 0 Å². The zero-order chi connectivity index (χ0) is 20.1. The van der Waals surface area contributed by atoms with Gasteiger partial charge < -0.3 is 15.3 Å². The van der Waals surface area contributed by atoms with Gasteiger partial charge in [-0.05, 0) is 63.8 Å². The molecule has 0 radical (unpaired) electrons. The highest BCUT2D eigenvalue weighted by Gasteiger charge is 2.22. The molecule has 0 spiro atoms. The van der Waals surface area contributed by atoms with Crippen LogP contribution in [0, 0.1) is 17.2 Å². The molecule has 1 atom stereocenters. The molecule has 2 heterocycles. The Balaban J connectivity index is 1.55. The number of nitriles is 1. The van der Waals surface area contributed by atoms with Gasteiger partial charge in [0.2, 0.25) is 0 Å². The van der Waals surface area contributed by atoms with Crippen molar-refractivity contribution in [2.75, 3.05) is 31.1 Å². The van der Waals surface area contributed by atoms with E-state index in [9.17, 15) is 10.4 Å². The van der Waals surface area contributed by atoms with Gasteiger partial charge in [0.1, 0.15) is 12.3 Å². The summed E-state index contributed by atoms with van der Waals surface area (Å²) in [6.07, 6.45) is 3.37. The van der Waals surface area contributed by atoms with Crippen LogP contribution in [-0.4, -0.2) is 48.0 Å². The van der Waals surface area contributed by atoms with E-state index in [1.54, 1.807) is 6.20 Å². The fraction of sp³-hybridized carbons (Fsp3) is 0.545. The SMILES string of the molecule is CC(C)(C)NCC(O)NCC1CCN(c2ccc(C#N)c3ncccc23)CC1. The van der Waals surface area contributed by atoms with Gasteiger partial charge in [-0.2, -0.15) is 5.26 Å². The largest absolute Gasteiger partial charge is 0.377 e. The number of aliphatic hydroxyl groups excluding tert-OH is 1. The molecule has 1 aromatic heterocycles. The van der Waals surface area contributed by atoms with Crippen LogP contribution in [0.25, 0.3) is 10.9 Å². The monoisotopic (exact) mass is 381 g/mol. The Kier molecular flexibility index (Phi) is 6.50. The van der Waals surface area contributed by atoms with E-state index in [1.807, 2.05) is 24.3 Å². The van der Waals surface area contributed by atoms with Gasteiger partial charge in [0.15, 0.2) is 0 Å². The summed E-state index contributed by atoms with van der Waals surface area (Å²) in [7, 11) is 0. The average molecular weight is 382 g/mol. The highest BCUT2D eigenvalue weighted by molar-refractivity contribution is 5.95. The first-order valence-corrected chi connectivity index (χ1v) is 10.1. The quantitative estimate of drug-likeness (QED) is 0.667. The summed E-state index contributed by atoms with van der Waals surface area (Å²) in [6.45, 7) is 9.60. The van der Waals surface area contributed by atoms with Crippen molar-refractivity contribution in [3.63, 3.8) is 0 Å². The van der Waals surface area contributed by atoms with E-state index in [1.165, 1.54) is 0 Å². The van der Waals surface area contributed by atoms with Gasteiger partial charge in [-0.3, -0.25) is 10.3 Å². The number of hydrogen-bond donors (Lipinski definition) is 3. The van der Waals surface area contributed by atoms with E-state index >= 15 is 0 Å². The summed E-state index contributed by atoms with van der Waals surface area (Å²) in [5.41, 5.74) is 2.56. The molecule has 2 aromatic rings. The molecule has 0 saturated carbocycles. The standard InChI is InChI=1S/C22H31N5O/c1-22(2,3)26-15-20(28)25-14-16-8-11-27(12-9-16)19-7-6-17(13-23)21-18(19)5-4-10-24-21/h4-7,10,16,20,25-26,28H,8-9,11-12,14-15H2,1-3H3. The number of pyridine rings is 1. The molecule has 0 aliphatic carbocycles. The van der Waals surface area contributed by atoms with E-state index in [0.29, 0.717) is 18.0 Å². The second-order valence-corrected chi connectivity index (χ2v) is 8.63. The maximum atomic E-state index is 10.1. The Hall–Kier alpha value is -2.20. The van der Waals surface area contributed by atoms with Crippen molar-refractivity contribution in [2.45, 2.75) is 45.4 Å². The molecule has 1 saturated heterocycles. The summed E-state index contributed by atoms with van der Waals surface area (Å²) in [4.78, 5) is 6.80. The van der Waals surface area contributed by atoms with E-state index in [2.05, 4.69) is 47.4 Å².